The van der Waals surface area contributed by atoms with E-state index >= 15 is 0 Å². The number of piperidine rings is 1. The number of nitrogens with zero attached hydrogens (tertiary/aromatic N) is 3. The van der Waals surface area contributed by atoms with Crippen molar-refractivity contribution >= 4 is 5.82 Å². The summed E-state index contributed by atoms with van der Waals surface area (Å²) in [6, 6.07) is 0. The van der Waals surface area contributed by atoms with Crippen molar-refractivity contribution in [1.82, 2.24) is 15.3 Å². The minimum atomic E-state index is 0.284. The van der Waals surface area contributed by atoms with E-state index in [4.69, 9.17) is 0 Å². The molecule has 1 aromatic rings. The van der Waals surface area contributed by atoms with Gasteiger partial charge in [-0.3, -0.25) is 4.98 Å². The summed E-state index contributed by atoms with van der Waals surface area (Å²) in [4.78, 5) is 11.0. The molecule has 0 bridgehead atoms. The quantitative estimate of drug-likeness (QED) is 0.817. The lowest BCUT2D eigenvalue weighted by Crippen LogP contribution is -2.50. The number of nitrogens with one attached hydrogen (secondary N) is 1. The van der Waals surface area contributed by atoms with Crippen molar-refractivity contribution in [1.29, 1.82) is 0 Å². The Labute approximate surface area is 97.1 Å². The lowest BCUT2D eigenvalue weighted by Gasteiger charge is -2.40. The molecule has 2 heterocycles. The number of hydrogen-bond donors (Lipinski definition) is 1. The molecule has 0 aliphatic carbocycles. The Balaban J connectivity index is 2.07. The molecule has 0 radical (unpaired) electrons. The van der Waals surface area contributed by atoms with Gasteiger partial charge in [-0.25, -0.2) is 4.98 Å². The molecule has 1 aliphatic rings. The average Bonchev–Trinajstić information content (AvgIpc) is 2.31. The monoisotopic (exact) mass is 220 g/mol. The lowest BCUT2D eigenvalue weighted by atomic mass is 9.90. The van der Waals surface area contributed by atoms with Gasteiger partial charge in [0.15, 0.2) is 0 Å². The van der Waals surface area contributed by atoms with Crippen molar-refractivity contribution in [3.63, 3.8) is 0 Å². The van der Waals surface area contributed by atoms with Crippen LogP contribution >= 0.6 is 0 Å². The number of hydrogen-bond acceptors (Lipinski definition) is 4. The van der Waals surface area contributed by atoms with Crippen molar-refractivity contribution in [3.05, 3.63) is 18.1 Å². The molecule has 0 atom stereocenters. The summed E-state index contributed by atoms with van der Waals surface area (Å²) in [5.74, 6) is 1.04. The Bertz CT molecular complexity index is 356. The van der Waals surface area contributed by atoms with Gasteiger partial charge in [-0.2, -0.15) is 0 Å². The zero-order chi connectivity index (χ0) is 11.6. The largest absolute Gasteiger partial charge is 0.355 e. The van der Waals surface area contributed by atoms with Crippen molar-refractivity contribution < 1.29 is 0 Å². The molecule has 0 saturated carbocycles. The predicted octanol–water partition coefficient (Wildman–Crippen LogP) is 1.36. The summed E-state index contributed by atoms with van der Waals surface area (Å²) >= 11 is 0. The molecule has 2 rings (SSSR count). The van der Waals surface area contributed by atoms with E-state index in [9.17, 15) is 0 Å². The molecule has 4 nitrogen and oxygen atoms in total. The fourth-order valence-corrected chi connectivity index (χ4v) is 2.17. The van der Waals surface area contributed by atoms with Gasteiger partial charge in [0.2, 0.25) is 0 Å². The highest BCUT2D eigenvalue weighted by atomic mass is 15.2. The number of aryl methyl sites for hydroxylation is 1. The highest BCUT2D eigenvalue weighted by Crippen LogP contribution is 2.25. The Morgan fingerprint density at radius 1 is 1.25 bits per heavy atom. The van der Waals surface area contributed by atoms with Gasteiger partial charge >= 0.3 is 0 Å². The van der Waals surface area contributed by atoms with E-state index in [-0.39, 0.29) is 5.54 Å². The highest BCUT2D eigenvalue weighted by Gasteiger charge is 2.29. The van der Waals surface area contributed by atoms with Gasteiger partial charge in [0.25, 0.3) is 0 Å². The van der Waals surface area contributed by atoms with Crippen LogP contribution in [-0.2, 0) is 0 Å². The molecule has 4 heteroatoms. The highest BCUT2D eigenvalue weighted by molar-refractivity contribution is 5.42. The van der Waals surface area contributed by atoms with Gasteiger partial charge in [-0.05, 0) is 33.7 Å². The molecule has 1 saturated heterocycles. The van der Waals surface area contributed by atoms with Crippen LogP contribution in [0.15, 0.2) is 12.4 Å². The first-order valence-corrected chi connectivity index (χ1v) is 5.86. The van der Waals surface area contributed by atoms with Gasteiger partial charge in [0.05, 0.1) is 5.69 Å². The molecule has 0 amide bonds. The summed E-state index contributed by atoms with van der Waals surface area (Å²) < 4.78 is 0. The van der Waals surface area contributed by atoms with Crippen molar-refractivity contribution in [3.8, 4) is 0 Å². The fourth-order valence-electron chi connectivity index (χ4n) is 2.17. The molecule has 0 spiro atoms. The van der Waals surface area contributed by atoms with E-state index in [1.807, 2.05) is 14.0 Å². The Hall–Kier alpha value is -1.16. The van der Waals surface area contributed by atoms with Gasteiger partial charge in [-0.15, -0.1) is 0 Å². The van der Waals surface area contributed by atoms with E-state index in [2.05, 4.69) is 27.1 Å². The van der Waals surface area contributed by atoms with Crippen LogP contribution in [0.5, 0.6) is 0 Å². The van der Waals surface area contributed by atoms with E-state index in [1.54, 1.807) is 12.4 Å². The van der Waals surface area contributed by atoms with Crippen LogP contribution in [0.2, 0.25) is 0 Å². The molecule has 0 unspecified atom stereocenters. The van der Waals surface area contributed by atoms with Gasteiger partial charge in [-0.1, -0.05) is 0 Å². The van der Waals surface area contributed by atoms with E-state index in [0.717, 1.165) is 37.4 Å². The number of rotatable bonds is 2. The van der Waals surface area contributed by atoms with E-state index in [0.29, 0.717) is 0 Å². The molecule has 1 aromatic heterocycles. The van der Waals surface area contributed by atoms with Crippen molar-refractivity contribution in [2.24, 2.45) is 0 Å². The molecule has 1 fully saturated rings. The summed E-state index contributed by atoms with van der Waals surface area (Å²) in [6.45, 7) is 6.41. The zero-order valence-corrected chi connectivity index (χ0v) is 10.3. The topological polar surface area (TPSA) is 41.0 Å². The first kappa shape index (κ1) is 11.3. The third-order valence-electron chi connectivity index (χ3n) is 3.63. The smallest absolute Gasteiger partial charge is 0.150 e. The maximum absolute atomic E-state index is 4.42. The van der Waals surface area contributed by atoms with Crippen molar-refractivity contribution in [2.75, 3.05) is 25.0 Å². The molecule has 88 valence electrons. The second-order valence-corrected chi connectivity index (χ2v) is 4.76. The Kier molecular flexibility index (Phi) is 3.10. The zero-order valence-electron chi connectivity index (χ0n) is 10.3. The van der Waals surface area contributed by atoms with Crippen LogP contribution < -0.4 is 10.2 Å². The van der Waals surface area contributed by atoms with Gasteiger partial charge in [0, 0.05) is 31.0 Å². The number of aromatic nitrogens is 2. The summed E-state index contributed by atoms with van der Waals surface area (Å²) in [5, 5.41) is 3.40. The lowest BCUT2D eigenvalue weighted by molar-refractivity contribution is 0.304. The first-order valence-electron chi connectivity index (χ1n) is 5.86. The molecule has 1 N–H and O–H groups in total. The van der Waals surface area contributed by atoms with Crippen molar-refractivity contribution in [2.45, 2.75) is 32.2 Å². The summed E-state index contributed by atoms with van der Waals surface area (Å²) in [6.07, 6.45) is 5.83. The second-order valence-electron chi connectivity index (χ2n) is 4.76. The molecule has 1 aliphatic heterocycles. The van der Waals surface area contributed by atoms with Crippen LogP contribution in [0.1, 0.15) is 25.5 Å². The predicted molar refractivity (Wildman–Crippen MR) is 65.7 cm³/mol. The Morgan fingerprint density at radius 2 is 1.88 bits per heavy atom. The Morgan fingerprint density at radius 3 is 2.44 bits per heavy atom. The van der Waals surface area contributed by atoms with E-state index in [1.165, 1.54) is 0 Å². The standard InChI is InChI=1S/C12H20N4/c1-10-11(15-7-6-14-10)16-8-4-12(2,13-3)5-9-16/h6-7,13H,4-5,8-9H2,1-3H3. The third-order valence-corrected chi connectivity index (χ3v) is 3.63. The maximum Gasteiger partial charge on any atom is 0.150 e. The van der Waals surface area contributed by atoms with Crippen LogP contribution in [-0.4, -0.2) is 35.6 Å². The minimum absolute atomic E-state index is 0.284. The van der Waals surface area contributed by atoms with Crippen LogP contribution in [0.25, 0.3) is 0 Å². The van der Waals surface area contributed by atoms with E-state index < -0.39 is 0 Å². The molecule has 16 heavy (non-hydrogen) atoms. The minimum Gasteiger partial charge on any atom is -0.355 e. The normalized spacial score (nSPS) is 19.8. The van der Waals surface area contributed by atoms with Crippen LogP contribution in [0.4, 0.5) is 5.82 Å². The summed E-state index contributed by atoms with van der Waals surface area (Å²) in [7, 11) is 2.04. The second kappa shape index (κ2) is 4.37. The van der Waals surface area contributed by atoms with Gasteiger partial charge in [0.1, 0.15) is 5.82 Å². The van der Waals surface area contributed by atoms with Crippen LogP contribution in [0, 0.1) is 6.92 Å². The third kappa shape index (κ3) is 2.16. The first-order chi connectivity index (χ1) is 7.64. The molecular formula is C12H20N4. The van der Waals surface area contributed by atoms with Crippen LogP contribution in [0.3, 0.4) is 0 Å². The summed E-state index contributed by atoms with van der Waals surface area (Å²) in [5.41, 5.74) is 1.31. The molecular weight excluding hydrogens is 200 g/mol. The average molecular weight is 220 g/mol. The van der Waals surface area contributed by atoms with Gasteiger partial charge < -0.3 is 10.2 Å². The molecule has 0 aromatic carbocycles. The fraction of sp³-hybridized carbons (Fsp3) is 0.667. The number of anilines is 1. The SMILES string of the molecule is CNC1(C)CCN(c2nccnc2C)CC1. The maximum atomic E-state index is 4.42.